The van der Waals surface area contributed by atoms with E-state index in [0.717, 1.165) is 0 Å². The highest BCUT2D eigenvalue weighted by molar-refractivity contribution is 7.80. The van der Waals surface area contributed by atoms with Gasteiger partial charge < -0.3 is 77.3 Å². The third-order valence-electron chi connectivity index (χ3n) is 8.66. The van der Waals surface area contributed by atoms with Crippen LogP contribution in [0.15, 0.2) is 0 Å². The molecule has 12 atom stereocenters. The predicted molar refractivity (Wildman–Crippen MR) is 240 cm³/mol. The normalized spacial score (nSPS) is 19.4. The molecule has 0 heterocycles. The molecule has 0 aliphatic carbocycles. The van der Waals surface area contributed by atoms with E-state index in [0.29, 0.717) is 56.9 Å². The molecule has 0 fully saturated rings. The number of hydrogen-bond acceptors (Lipinski definition) is 19. The molecular weight excluding hydrogens is 845 g/mol. The van der Waals surface area contributed by atoms with Crippen LogP contribution in [0.25, 0.3) is 0 Å². The fourth-order valence-corrected chi connectivity index (χ4v) is 5.12. The van der Waals surface area contributed by atoms with Crippen molar-refractivity contribution >= 4 is 37.9 Å². The van der Waals surface area contributed by atoms with Crippen LogP contribution in [0.5, 0.6) is 0 Å². The molecule has 0 aliphatic rings. The molecule has 0 aromatic carbocycles. The summed E-state index contributed by atoms with van der Waals surface area (Å²) in [5.74, 6) is 0.993. The zero-order chi connectivity index (χ0) is 45.3. The highest BCUT2D eigenvalue weighted by Crippen LogP contribution is 2.20. The third kappa shape index (κ3) is 33.9. The van der Waals surface area contributed by atoms with Crippen LogP contribution in [0.3, 0.4) is 0 Å². The Labute approximate surface area is 377 Å². The Morgan fingerprint density at radius 2 is 0.517 bits per heavy atom. The summed E-state index contributed by atoms with van der Waals surface area (Å²) in [4.78, 5) is 0. The number of hydrogen-bond donors (Lipinski definition) is 7. The molecule has 4 N–H and O–H groups in total. The van der Waals surface area contributed by atoms with Crippen LogP contribution >= 0.6 is 37.9 Å². The lowest BCUT2D eigenvalue weighted by atomic mass is 9.92. The van der Waals surface area contributed by atoms with Crippen molar-refractivity contribution in [3.05, 3.63) is 0 Å². The van der Waals surface area contributed by atoms with E-state index in [9.17, 15) is 20.4 Å². The first-order valence-electron chi connectivity index (χ1n) is 21.2. The zero-order valence-corrected chi connectivity index (χ0v) is 40.6. The quantitative estimate of drug-likeness (QED) is 0.0442. The van der Waals surface area contributed by atoms with Crippen LogP contribution in [0.2, 0.25) is 0 Å². The molecular formula is C41H84O16S3. The fourth-order valence-electron chi connectivity index (χ4n) is 4.80. The molecule has 0 aromatic rings. The summed E-state index contributed by atoms with van der Waals surface area (Å²) in [7, 11) is 0. The average Bonchev–Trinajstić information content (AvgIpc) is 3.24. The molecule has 0 rings (SSSR count). The minimum Gasteiger partial charge on any atom is -0.396 e. The van der Waals surface area contributed by atoms with Crippen molar-refractivity contribution in [2.75, 3.05) is 123 Å². The maximum atomic E-state index is 10.7. The van der Waals surface area contributed by atoms with Gasteiger partial charge in [-0.25, -0.2) is 0 Å². The van der Waals surface area contributed by atoms with Gasteiger partial charge in [-0.3, -0.25) is 0 Å². The van der Waals surface area contributed by atoms with Crippen molar-refractivity contribution in [1.82, 2.24) is 0 Å². The number of aliphatic hydroxyl groups is 4. The van der Waals surface area contributed by atoms with Crippen molar-refractivity contribution < 1.29 is 77.3 Å². The maximum Gasteiger partial charge on any atom is 0.0861 e. The van der Waals surface area contributed by atoms with Gasteiger partial charge in [0, 0.05) is 17.3 Å². The van der Waals surface area contributed by atoms with Gasteiger partial charge in [-0.1, -0.05) is 0 Å². The summed E-state index contributed by atoms with van der Waals surface area (Å²) in [6.45, 7) is 20.8. The maximum absolute atomic E-state index is 10.7. The minimum atomic E-state index is -0.883. The van der Waals surface area contributed by atoms with Gasteiger partial charge in [-0.2, -0.15) is 37.9 Å². The number of thiol groups is 3. The average molecular weight is 929 g/mol. The topological polar surface area (TPSA) is 192 Å². The predicted octanol–water partition coefficient (Wildman–Crippen LogP) is 2.53. The lowest BCUT2D eigenvalue weighted by molar-refractivity contribution is -0.133. The lowest BCUT2D eigenvalue weighted by Gasteiger charge is -2.32. The van der Waals surface area contributed by atoms with Crippen molar-refractivity contribution in [3.8, 4) is 0 Å². The van der Waals surface area contributed by atoms with Crippen molar-refractivity contribution in [2.45, 2.75) is 136 Å². The van der Waals surface area contributed by atoms with Crippen LogP contribution in [-0.2, 0) is 56.8 Å². The van der Waals surface area contributed by atoms with Crippen LogP contribution in [0.1, 0.15) is 62.3 Å². The van der Waals surface area contributed by atoms with E-state index >= 15 is 0 Å². The Balaban J connectivity index is 5.04. The van der Waals surface area contributed by atoms with Gasteiger partial charge in [0.15, 0.2) is 0 Å². The van der Waals surface area contributed by atoms with Gasteiger partial charge in [-0.05, 0) is 62.3 Å². The molecule has 12 unspecified atom stereocenters. The molecule has 0 aliphatic heterocycles. The SMILES string of the molecule is CC(COCC(CO)(COCC(C)OCC(C)OCC(C)OCC(O)CS)COCC(C)OCC(C)OCC(C)OCC(O)CS)OCC(C)OCC(C)OCC(O)CS. The summed E-state index contributed by atoms with van der Waals surface area (Å²) in [6, 6.07) is 0. The number of ether oxygens (including phenoxy) is 12. The van der Waals surface area contributed by atoms with Crippen LogP contribution in [0.4, 0.5) is 0 Å². The first kappa shape index (κ1) is 60.4. The molecule has 16 nitrogen and oxygen atoms in total. The van der Waals surface area contributed by atoms with Crippen LogP contribution in [0, 0.1) is 5.41 Å². The molecule has 0 saturated carbocycles. The van der Waals surface area contributed by atoms with E-state index in [1.165, 1.54) is 0 Å². The van der Waals surface area contributed by atoms with Crippen molar-refractivity contribution in [2.24, 2.45) is 5.41 Å². The second-order valence-electron chi connectivity index (χ2n) is 16.0. The molecule has 362 valence electrons. The van der Waals surface area contributed by atoms with Gasteiger partial charge in [0.1, 0.15) is 0 Å². The summed E-state index contributed by atoms with van der Waals surface area (Å²) in [6.07, 6.45) is -3.75. The Morgan fingerprint density at radius 3 is 0.700 bits per heavy atom. The molecule has 0 bridgehead atoms. The van der Waals surface area contributed by atoms with Crippen molar-refractivity contribution in [3.63, 3.8) is 0 Å². The standard InChI is InChI=1S/C41H84O16S3/c1-29(49-13-32(4)52-16-35(7)55-19-38(43)22-58)10-46-26-41(25-42,27-47-11-30(2)50-14-33(5)53-17-36(8)56-20-39(44)23-59)28-48-12-31(3)51-15-34(6)54-18-37(9)57-21-40(45)24-60/h29-40,42-45,58-60H,10-28H2,1-9H3. The van der Waals surface area contributed by atoms with E-state index in [1.807, 2.05) is 62.3 Å². The molecule has 60 heavy (non-hydrogen) atoms. The Kier molecular flexibility index (Phi) is 37.9. The largest absolute Gasteiger partial charge is 0.396 e. The van der Waals surface area contributed by atoms with E-state index in [-0.39, 0.29) is 121 Å². The van der Waals surface area contributed by atoms with E-state index in [2.05, 4.69) is 37.9 Å². The highest BCUT2D eigenvalue weighted by Gasteiger charge is 2.32. The smallest absolute Gasteiger partial charge is 0.0861 e. The van der Waals surface area contributed by atoms with E-state index in [4.69, 9.17) is 56.8 Å². The van der Waals surface area contributed by atoms with Gasteiger partial charge in [-0.15, -0.1) is 0 Å². The van der Waals surface area contributed by atoms with Gasteiger partial charge in [0.2, 0.25) is 0 Å². The number of aliphatic hydroxyl groups excluding tert-OH is 4. The minimum absolute atomic E-state index is 0.146. The third-order valence-corrected chi connectivity index (χ3v) is 9.93. The fraction of sp³-hybridized carbons (Fsp3) is 1.00. The second kappa shape index (κ2) is 37.6. The van der Waals surface area contributed by atoms with Gasteiger partial charge in [0.25, 0.3) is 0 Å². The first-order chi connectivity index (χ1) is 28.5. The molecule has 0 spiro atoms. The molecule has 19 heteroatoms. The summed E-state index contributed by atoms with van der Waals surface area (Å²) in [5, 5.41) is 39.6. The molecule has 0 amide bonds. The summed E-state index contributed by atoms with van der Waals surface area (Å²) >= 11 is 12.2. The van der Waals surface area contributed by atoms with E-state index in [1.54, 1.807) is 0 Å². The monoisotopic (exact) mass is 928 g/mol. The molecule has 0 aromatic heterocycles. The van der Waals surface area contributed by atoms with Crippen LogP contribution < -0.4 is 0 Å². The number of rotatable bonds is 43. The Bertz CT molecular complexity index is 856. The van der Waals surface area contributed by atoms with Crippen LogP contribution in [-0.4, -0.2) is 217 Å². The Hall–Kier alpha value is 0.410. The summed E-state index contributed by atoms with van der Waals surface area (Å²) in [5.41, 5.74) is -0.883. The summed E-state index contributed by atoms with van der Waals surface area (Å²) < 4.78 is 70.5. The Morgan fingerprint density at radius 1 is 0.333 bits per heavy atom. The zero-order valence-electron chi connectivity index (χ0n) is 37.9. The van der Waals surface area contributed by atoms with E-state index < -0.39 is 23.7 Å². The van der Waals surface area contributed by atoms with Gasteiger partial charge in [0.05, 0.1) is 184 Å². The molecule has 0 saturated heterocycles. The molecule has 0 radical (unpaired) electrons. The van der Waals surface area contributed by atoms with Crippen molar-refractivity contribution in [1.29, 1.82) is 0 Å². The first-order valence-corrected chi connectivity index (χ1v) is 23.1. The highest BCUT2D eigenvalue weighted by atomic mass is 32.1. The lowest BCUT2D eigenvalue weighted by Crippen LogP contribution is -2.43. The second-order valence-corrected chi connectivity index (χ2v) is 17.1. The van der Waals surface area contributed by atoms with Gasteiger partial charge >= 0.3 is 0 Å².